The van der Waals surface area contributed by atoms with E-state index in [1.54, 1.807) is 6.20 Å². The van der Waals surface area contributed by atoms with Crippen LogP contribution in [0, 0.1) is 0 Å². The predicted molar refractivity (Wildman–Crippen MR) is 69.0 cm³/mol. The molecule has 0 fully saturated rings. The number of hydrogen-bond donors (Lipinski definition) is 0. The summed E-state index contributed by atoms with van der Waals surface area (Å²) >= 11 is 9.74. The molecule has 0 N–H and O–H groups in total. The normalized spacial score (nSPS) is 15.7. The number of aromatic nitrogens is 2. The monoisotopic (exact) mass is 292 g/mol. The van der Waals surface area contributed by atoms with Crippen molar-refractivity contribution < 1.29 is 0 Å². The van der Waals surface area contributed by atoms with Crippen molar-refractivity contribution in [1.82, 2.24) is 9.78 Å². The second kappa shape index (κ2) is 5.35. The highest BCUT2D eigenvalue weighted by molar-refractivity contribution is 9.09. The van der Waals surface area contributed by atoms with Crippen LogP contribution >= 0.6 is 27.5 Å². The zero-order valence-corrected chi connectivity index (χ0v) is 12.0. The molecule has 1 heterocycles. The van der Waals surface area contributed by atoms with Crippen LogP contribution < -0.4 is 0 Å². The van der Waals surface area contributed by atoms with Gasteiger partial charge in [0.15, 0.2) is 0 Å². The highest BCUT2D eigenvalue weighted by atomic mass is 79.9. The number of rotatable bonds is 4. The van der Waals surface area contributed by atoms with E-state index in [-0.39, 0.29) is 0 Å². The number of nitrogens with zero attached hydrogens (tertiary/aromatic N) is 2. The van der Waals surface area contributed by atoms with Crippen LogP contribution in [0.15, 0.2) is 6.20 Å². The van der Waals surface area contributed by atoms with E-state index in [0.29, 0.717) is 16.8 Å². The Kier molecular flexibility index (Phi) is 4.65. The molecule has 0 radical (unpaired) electrons. The fourth-order valence-electron chi connectivity index (χ4n) is 1.82. The van der Waals surface area contributed by atoms with Crippen molar-refractivity contribution in [2.24, 2.45) is 0 Å². The molecule has 0 aliphatic heterocycles. The van der Waals surface area contributed by atoms with Gasteiger partial charge >= 0.3 is 0 Å². The van der Waals surface area contributed by atoms with E-state index in [1.165, 1.54) is 0 Å². The maximum atomic E-state index is 6.17. The molecule has 0 saturated carbocycles. The van der Waals surface area contributed by atoms with Crippen molar-refractivity contribution in [2.45, 2.75) is 50.9 Å². The Morgan fingerprint density at radius 2 is 2.00 bits per heavy atom. The molecule has 1 aromatic heterocycles. The van der Waals surface area contributed by atoms with Crippen molar-refractivity contribution in [2.75, 3.05) is 0 Å². The summed E-state index contributed by atoms with van der Waals surface area (Å²) in [6.07, 6.45) is 2.81. The van der Waals surface area contributed by atoms with Crippen molar-refractivity contribution in [3.8, 4) is 0 Å². The average molecular weight is 294 g/mol. The third kappa shape index (κ3) is 3.22. The summed E-state index contributed by atoms with van der Waals surface area (Å²) in [5.41, 5.74) is 1.15. The van der Waals surface area contributed by atoms with Gasteiger partial charge in [0, 0.05) is 16.8 Å². The van der Waals surface area contributed by atoms with Crippen LogP contribution in [0.3, 0.4) is 0 Å². The number of hydrogen-bond acceptors (Lipinski definition) is 1. The maximum Gasteiger partial charge on any atom is 0.0820 e. The van der Waals surface area contributed by atoms with Gasteiger partial charge in [0.25, 0.3) is 0 Å². The second-order valence-corrected chi connectivity index (χ2v) is 6.30. The Bertz CT molecular complexity index is 320. The quantitative estimate of drug-likeness (QED) is 0.753. The molecule has 1 aromatic rings. The molecule has 0 bridgehead atoms. The lowest BCUT2D eigenvalue weighted by molar-refractivity contribution is 0.483. The molecule has 0 amide bonds. The Balaban J connectivity index is 2.95. The highest BCUT2D eigenvalue weighted by Gasteiger charge is 2.19. The van der Waals surface area contributed by atoms with Gasteiger partial charge in [-0.2, -0.15) is 5.10 Å². The molecule has 0 spiro atoms. The summed E-state index contributed by atoms with van der Waals surface area (Å²) in [7, 11) is 0. The van der Waals surface area contributed by atoms with Gasteiger partial charge in [0.05, 0.1) is 16.9 Å². The molecular weight excluding hydrogens is 275 g/mol. The first-order valence-corrected chi connectivity index (χ1v) is 6.59. The molecule has 86 valence electrons. The van der Waals surface area contributed by atoms with Gasteiger partial charge in [-0.3, -0.25) is 4.68 Å². The van der Waals surface area contributed by atoms with Crippen molar-refractivity contribution >= 4 is 27.5 Å². The van der Waals surface area contributed by atoms with Crippen LogP contribution in [0.4, 0.5) is 0 Å². The van der Waals surface area contributed by atoms with Crippen LogP contribution in [0.2, 0.25) is 5.02 Å². The summed E-state index contributed by atoms with van der Waals surface area (Å²) in [5, 5.41) is 5.09. The highest BCUT2D eigenvalue weighted by Crippen LogP contribution is 2.30. The Morgan fingerprint density at radius 1 is 1.40 bits per heavy atom. The van der Waals surface area contributed by atoms with E-state index in [2.05, 4.69) is 48.7 Å². The summed E-state index contributed by atoms with van der Waals surface area (Å²) in [6, 6.07) is 0.362. The molecule has 4 heteroatoms. The summed E-state index contributed by atoms with van der Waals surface area (Å²) < 4.78 is 2.02. The van der Waals surface area contributed by atoms with Gasteiger partial charge in [0.1, 0.15) is 0 Å². The largest absolute Gasteiger partial charge is 0.265 e. The fourth-order valence-corrected chi connectivity index (χ4v) is 2.70. The fraction of sp³-hybridized carbons (Fsp3) is 0.727. The van der Waals surface area contributed by atoms with Crippen LogP contribution in [0.1, 0.15) is 51.8 Å². The molecule has 0 saturated heterocycles. The maximum absolute atomic E-state index is 6.17. The SMILES string of the molecule is CC(Br)CC(C)c1c(Cl)cnn1C(C)C. The van der Waals surface area contributed by atoms with Gasteiger partial charge < -0.3 is 0 Å². The topological polar surface area (TPSA) is 17.8 Å². The molecule has 15 heavy (non-hydrogen) atoms. The van der Waals surface area contributed by atoms with E-state index in [4.69, 9.17) is 11.6 Å². The van der Waals surface area contributed by atoms with Crippen molar-refractivity contribution in [3.05, 3.63) is 16.9 Å². The molecule has 0 aliphatic rings. The number of alkyl halides is 1. The first-order chi connectivity index (χ1) is 6.93. The zero-order valence-electron chi connectivity index (χ0n) is 9.67. The van der Waals surface area contributed by atoms with Gasteiger partial charge in [-0.25, -0.2) is 0 Å². The van der Waals surface area contributed by atoms with E-state index < -0.39 is 0 Å². The minimum absolute atomic E-state index is 0.362. The summed E-state index contributed by atoms with van der Waals surface area (Å²) in [4.78, 5) is 0.499. The average Bonchev–Trinajstić information content (AvgIpc) is 2.45. The lowest BCUT2D eigenvalue weighted by atomic mass is 10.0. The zero-order chi connectivity index (χ0) is 11.6. The van der Waals surface area contributed by atoms with Crippen LogP contribution in [-0.4, -0.2) is 14.6 Å². The summed E-state index contributed by atoms with van der Waals surface area (Å²) in [6.45, 7) is 8.59. The van der Waals surface area contributed by atoms with E-state index in [1.807, 2.05) is 4.68 Å². The first kappa shape index (κ1) is 13.0. The van der Waals surface area contributed by atoms with E-state index in [0.717, 1.165) is 17.1 Å². The molecule has 2 unspecified atom stereocenters. The molecule has 2 nitrogen and oxygen atoms in total. The minimum atomic E-state index is 0.362. The molecule has 0 aliphatic carbocycles. The lowest BCUT2D eigenvalue weighted by Crippen LogP contribution is -2.12. The van der Waals surface area contributed by atoms with Gasteiger partial charge in [-0.15, -0.1) is 0 Å². The van der Waals surface area contributed by atoms with Crippen LogP contribution in [0.5, 0.6) is 0 Å². The third-order valence-electron chi connectivity index (χ3n) is 2.42. The number of halogens is 2. The van der Waals surface area contributed by atoms with Gasteiger partial charge in [-0.1, -0.05) is 41.4 Å². The summed E-state index contributed by atoms with van der Waals surface area (Å²) in [5.74, 6) is 0.428. The Hall–Kier alpha value is -0.0200. The third-order valence-corrected chi connectivity index (χ3v) is 3.09. The molecular formula is C11H18BrClN2. The van der Waals surface area contributed by atoms with Gasteiger partial charge in [0.2, 0.25) is 0 Å². The molecule has 2 atom stereocenters. The minimum Gasteiger partial charge on any atom is -0.265 e. The Labute approximate surface area is 105 Å². The van der Waals surface area contributed by atoms with E-state index >= 15 is 0 Å². The second-order valence-electron chi connectivity index (χ2n) is 4.33. The van der Waals surface area contributed by atoms with Gasteiger partial charge in [-0.05, 0) is 20.3 Å². The van der Waals surface area contributed by atoms with Crippen molar-refractivity contribution in [1.29, 1.82) is 0 Å². The Morgan fingerprint density at radius 3 is 2.47 bits per heavy atom. The predicted octanol–water partition coefficient (Wildman–Crippen LogP) is 4.39. The lowest BCUT2D eigenvalue weighted by Gasteiger charge is -2.18. The molecule has 1 rings (SSSR count). The molecule has 0 aromatic carbocycles. The standard InChI is InChI=1S/C11H18BrClN2/c1-7(2)15-11(10(13)6-14-15)8(3)5-9(4)12/h6-9H,5H2,1-4H3. The van der Waals surface area contributed by atoms with Crippen molar-refractivity contribution in [3.63, 3.8) is 0 Å². The van der Waals surface area contributed by atoms with Crippen LogP contribution in [-0.2, 0) is 0 Å². The smallest absolute Gasteiger partial charge is 0.0820 e. The van der Waals surface area contributed by atoms with E-state index in [9.17, 15) is 0 Å². The first-order valence-electron chi connectivity index (χ1n) is 5.30. The van der Waals surface area contributed by atoms with Crippen LogP contribution in [0.25, 0.3) is 0 Å².